The number of rotatable bonds is 10. The fourth-order valence-corrected chi connectivity index (χ4v) is 4.39. The molecule has 0 bridgehead atoms. The lowest BCUT2D eigenvalue weighted by atomic mass is 9.85. The van der Waals surface area contributed by atoms with Crippen molar-refractivity contribution in [1.29, 1.82) is 0 Å². The third kappa shape index (κ3) is 3.99. The Hall–Kier alpha value is -2.59. The summed E-state index contributed by atoms with van der Waals surface area (Å²) >= 11 is 0. The van der Waals surface area contributed by atoms with Crippen LogP contribution in [0.15, 0.2) is 41.7 Å². The maximum Gasteiger partial charge on any atom is 0.278 e. The molecule has 180 valence electrons. The number of hydrogen-bond acceptors (Lipinski definition) is 8. The Balaban J connectivity index is 1.88. The molecule has 1 aromatic carbocycles. The van der Waals surface area contributed by atoms with Gasteiger partial charge in [-0.15, -0.1) is 0 Å². The van der Waals surface area contributed by atoms with Gasteiger partial charge in [-0.3, -0.25) is 14.4 Å². The van der Waals surface area contributed by atoms with Crippen molar-refractivity contribution in [1.82, 2.24) is 5.32 Å². The third-order valence-electron chi connectivity index (χ3n) is 6.41. The first-order valence-corrected chi connectivity index (χ1v) is 11.1. The summed E-state index contributed by atoms with van der Waals surface area (Å²) in [6.07, 6.45) is -1.04. The summed E-state index contributed by atoms with van der Waals surface area (Å²) in [5.41, 5.74) is -4.74. The first-order chi connectivity index (χ1) is 15.7. The Morgan fingerprint density at radius 2 is 1.85 bits per heavy atom. The van der Waals surface area contributed by atoms with Gasteiger partial charge in [0, 0.05) is 18.2 Å². The van der Waals surface area contributed by atoms with Gasteiger partial charge in [-0.2, -0.15) is 0 Å². The molecule has 1 amide bonds. The molecule has 2 aliphatic rings. The highest BCUT2D eigenvalue weighted by molar-refractivity contribution is 6.23. The van der Waals surface area contributed by atoms with Gasteiger partial charge in [-0.25, -0.2) is 0 Å². The van der Waals surface area contributed by atoms with Crippen LogP contribution in [0.4, 0.5) is 0 Å². The molecule has 0 unspecified atom stereocenters. The number of carbonyl (C=O) groups is 3. The topological polar surface area (TPSA) is 142 Å². The van der Waals surface area contributed by atoms with E-state index in [0.717, 1.165) is 26.4 Å². The number of aliphatic hydroxyl groups is 3. The molecule has 0 aromatic heterocycles. The van der Waals surface area contributed by atoms with E-state index < -0.39 is 47.1 Å². The number of Topliss-reactive ketones (excluding diaryl/α,β-unsaturated/α-hetero) is 2. The maximum absolute atomic E-state index is 13.2. The molecule has 1 saturated heterocycles. The van der Waals surface area contributed by atoms with Gasteiger partial charge >= 0.3 is 0 Å². The van der Waals surface area contributed by atoms with Gasteiger partial charge in [-0.1, -0.05) is 62.9 Å². The lowest BCUT2D eigenvalue weighted by Crippen LogP contribution is -2.60. The quantitative estimate of drug-likeness (QED) is 0.230. The molecule has 0 saturated carbocycles. The van der Waals surface area contributed by atoms with Crippen LogP contribution in [0.1, 0.15) is 56.3 Å². The molecule has 1 aromatic rings. The summed E-state index contributed by atoms with van der Waals surface area (Å²) in [5, 5.41) is 34.6. The second-order valence-corrected chi connectivity index (χ2v) is 8.51. The summed E-state index contributed by atoms with van der Waals surface area (Å²) in [6, 6.07) is 7.87. The number of nitrogens with one attached hydrogen (secondary N) is 1. The fourth-order valence-electron chi connectivity index (χ4n) is 4.39. The first-order valence-electron chi connectivity index (χ1n) is 11.1. The predicted molar refractivity (Wildman–Crippen MR) is 117 cm³/mol. The van der Waals surface area contributed by atoms with Gasteiger partial charge in [0.15, 0.2) is 6.10 Å². The average Bonchev–Trinajstić information content (AvgIpc) is 3.22. The minimum absolute atomic E-state index is 0.108. The predicted octanol–water partition coefficient (Wildman–Crippen LogP) is 1.01. The zero-order valence-corrected chi connectivity index (χ0v) is 19.0. The summed E-state index contributed by atoms with van der Waals surface area (Å²) in [5.74, 6) is -3.02. The number of methoxy groups -OCH3 is 1. The zero-order valence-electron chi connectivity index (χ0n) is 19.0. The Morgan fingerprint density at radius 3 is 2.45 bits per heavy atom. The molecular weight excluding hydrogens is 430 g/mol. The number of benzene rings is 1. The van der Waals surface area contributed by atoms with Crippen molar-refractivity contribution in [3.63, 3.8) is 0 Å². The second kappa shape index (κ2) is 9.72. The van der Waals surface area contributed by atoms with Crippen LogP contribution < -0.4 is 5.32 Å². The van der Waals surface area contributed by atoms with E-state index in [9.17, 15) is 29.7 Å². The molecule has 9 heteroatoms. The van der Waals surface area contributed by atoms with Crippen molar-refractivity contribution in [2.24, 2.45) is 0 Å². The minimum atomic E-state index is -2.51. The van der Waals surface area contributed by atoms with E-state index in [1.165, 1.54) is 19.1 Å². The van der Waals surface area contributed by atoms with E-state index in [0.29, 0.717) is 6.42 Å². The molecule has 9 nitrogen and oxygen atoms in total. The smallest absolute Gasteiger partial charge is 0.278 e. The third-order valence-corrected chi connectivity index (χ3v) is 6.41. The van der Waals surface area contributed by atoms with Crippen LogP contribution in [0.2, 0.25) is 0 Å². The van der Waals surface area contributed by atoms with Gasteiger partial charge in [0.25, 0.3) is 11.5 Å². The van der Waals surface area contributed by atoms with Crippen LogP contribution in [-0.2, 0) is 19.1 Å². The van der Waals surface area contributed by atoms with Crippen molar-refractivity contribution in [3.05, 3.63) is 47.2 Å². The monoisotopic (exact) mass is 461 g/mol. The van der Waals surface area contributed by atoms with E-state index in [1.807, 2.05) is 0 Å². The maximum atomic E-state index is 13.2. The van der Waals surface area contributed by atoms with E-state index in [4.69, 9.17) is 9.47 Å². The van der Waals surface area contributed by atoms with Crippen molar-refractivity contribution in [2.45, 2.75) is 75.6 Å². The van der Waals surface area contributed by atoms with E-state index in [-0.39, 0.29) is 23.3 Å². The van der Waals surface area contributed by atoms with Crippen LogP contribution >= 0.6 is 0 Å². The molecule has 1 spiro atoms. The summed E-state index contributed by atoms with van der Waals surface area (Å²) in [6.45, 7) is 3.39. The molecule has 5 atom stereocenters. The molecule has 1 fully saturated rings. The SMILES string of the molecule is CCCCCC[C@H](O)[C@H](O)C1=C(C)C(=O)[C@]2(O1)C(=O)N[C@@](OC)(C(=O)c1ccccc1)[C@@H]2O. The van der Waals surface area contributed by atoms with E-state index >= 15 is 0 Å². The zero-order chi connectivity index (χ0) is 24.4. The first kappa shape index (κ1) is 25.0. The van der Waals surface area contributed by atoms with Crippen molar-refractivity contribution >= 4 is 17.5 Å². The summed E-state index contributed by atoms with van der Waals surface area (Å²) in [7, 11) is 1.12. The largest absolute Gasteiger partial charge is 0.467 e. The number of ketones is 2. The Kier molecular flexibility index (Phi) is 7.38. The molecule has 0 radical (unpaired) electrons. The highest BCUT2D eigenvalue weighted by atomic mass is 16.6. The van der Waals surface area contributed by atoms with Gasteiger partial charge in [0.1, 0.15) is 11.9 Å². The fraction of sp³-hybridized carbons (Fsp3) is 0.542. The highest BCUT2D eigenvalue weighted by Gasteiger charge is 2.74. The van der Waals surface area contributed by atoms with Gasteiger partial charge in [0.05, 0.1) is 6.10 Å². The Bertz CT molecular complexity index is 945. The standard InChI is InChI=1S/C24H31NO8/c1-4-5-6-10-13-16(26)17(27)18-14(2)19(28)23(33-18)21(30)24(32-3,25-22(23)31)20(29)15-11-8-7-9-12-15/h7-9,11-12,16-17,21,26-27,30H,4-6,10,13H2,1-3H3,(H,25,31)/t16-,17-,21+,23+,24+/m0/s1. The van der Waals surface area contributed by atoms with Crippen molar-refractivity contribution < 1.29 is 39.2 Å². The summed E-state index contributed by atoms with van der Waals surface area (Å²) in [4.78, 5) is 39.4. The normalized spacial score (nSPS) is 28.7. The van der Waals surface area contributed by atoms with Gasteiger partial charge in [-0.05, 0) is 13.3 Å². The van der Waals surface area contributed by atoms with Crippen LogP contribution in [0.5, 0.6) is 0 Å². The van der Waals surface area contributed by atoms with Crippen molar-refractivity contribution in [3.8, 4) is 0 Å². The summed E-state index contributed by atoms with van der Waals surface area (Å²) < 4.78 is 10.9. The number of aliphatic hydroxyl groups excluding tert-OH is 3. The number of ether oxygens (including phenoxy) is 2. The number of amides is 1. The van der Waals surface area contributed by atoms with Gasteiger partial charge in [0.2, 0.25) is 17.3 Å². The number of hydrogen-bond donors (Lipinski definition) is 4. The van der Waals surface area contributed by atoms with Crippen molar-refractivity contribution in [2.75, 3.05) is 7.11 Å². The van der Waals surface area contributed by atoms with E-state index in [2.05, 4.69) is 12.2 Å². The number of carbonyl (C=O) groups excluding carboxylic acids is 3. The lowest BCUT2D eigenvalue weighted by Gasteiger charge is -2.32. The molecule has 3 rings (SSSR count). The minimum Gasteiger partial charge on any atom is -0.467 e. The Morgan fingerprint density at radius 1 is 1.18 bits per heavy atom. The Labute approximate surface area is 192 Å². The molecule has 2 aliphatic heterocycles. The highest BCUT2D eigenvalue weighted by Crippen LogP contribution is 2.44. The van der Waals surface area contributed by atoms with Crippen LogP contribution in [0.25, 0.3) is 0 Å². The molecule has 2 heterocycles. The second-order valence-electron chi connectivity index (χ2n) is 8.51. The van der Waals surface area contributed by atoms with E-state index in [1.54, 1.807) is 18.2 Å². The molecule has 0 aliphatic carbocycles. The molecular formula is C24H31NO8. The van der Waals surface area contributed by atoms with Crippen LogP contribution in [0, 0.1) is 0 Å². The molecule has 4 N–H and O–H groups in total. The lowest BCUT2D eigenvalue weighted by molar-refractivity contribution is -0.163. The van der Waals surface area contributed by atoms with Crippen LogP contribution in [-0.4, -0.2) is 69.5 Å². The molecule has 33 heavy (non-hydrogen) atoms. The average molecular weight is 462 g/mol. The van der Waals surface area contributed by atoms with Gasteiger partial charge < -0.3 is 30.1 Å². The van der Waals surface area contributed by atoms with Crippen LogP contribution in [0.3, 0.4) is 0 Å². The number of unbranched alkanes of at least 4 members (excludes halogenated alkanes) is 3.